The van der Waals surface area contributed by atoms with Crippen LogP contribution in [-0.2, 0) is 6.54 Å². The van der Waals surface area contributed by atoms with E-state index >= 15 is 0 Å². The summed E-state index contributed by atoms with van der Waals surface area (Å²) in [5.41, 5.74) is 1.77. The molecule has 1 saturated heterocycles. The molecule has 1 fully saturated rings. The number of pyridine rings is 1. The lowest BCUT2D eigenvalue weighted by molar-refractivity contribution is 0.422. The van der Waals surface area contributed by atoms with Crippen LogP contribution >= 0.6 is 24.0 Å². The molecule has 3 heterocycles. The molecule has 7 nitrogen and oxygen atoms in total. The van der Waals surface area contributed by atoms with Gasteiger partial charge in [-0.2, -0.15) is 0 Å². The van der Waals surface area contributed by atoms with E-state index in [4.69, 9.17) is 4.52 Å². The number of rotatable bonds is 5. The highest BCUT2D eigenvalue weighted by atomic mass is 127. The van der Waals surface area contributed by atoms with Crippen LogP contribution in [0.25, 0.3) is 11.3 Å². The molecular weight excluding hydrogens is 498 g/mol. The molecule has 1 aliphatic rings. The number of hydrogen-bond acceptors (Lipinski definition) is 5. The van der Waals surface area contributed by atoms with E-state index in [1.165, 1.54) is 6.07 Å². The van der Waals surface area contributed by atoms with Crippen molar-refractivity contribution in [1.82, 2.24) is 20.8 Å². The number of halogens is 2. The van der Waals surface area contributed by atoms with E-state index in [0.29, 0.717) is 24.9 Å². The summed E-state index contributed by atoms with van der Waals surface area (Å²) in [6.07, 6.45) is 2.49. The Morgan fingerprint density at radius 1 is 1.27 bits per heavy atom. The molecule has 158 valence electrons. The first-order chi connectivity index (χ1) is 14.2. The zero-order chi connectivity index (χ0) is 20.1. The third-order valence-electron chi connectivity index (χ3n) is 4.85. The summed E-state index contributed by atoms with van der Waals surface area (Å²) in [5.74, 6) is 1.50. The third-order valence-corrected chi connectivity index (χ3v) is 4.85. The highest BCUT2D eigenvalue weighted by Gasteiger charge is 2.26. The zero-order valence-corrected chi connectivity index (χ0v) is 18.9. The predicted molar refractivity (Wildman–Crippen MR) is 126 cm³/mol. The maximum atomic E-state index is 14.0. The minimum absolute atomic E-state index is 0. The summed E-state index contributed by atoms with van der Waals surface area (Å²) in [4.78, 5) is 10.4. The molecule has 0 saturated carbocycles. The van der Waals surface area contributed by atoms with Gasteiger partial charge in [-0.15, -0.1) is 24.0 Å². The Kier molecular flexibility index (Phi) is 7.61. The van der Waals surface area contributed by atoms with Crippen LogP contribution in [0.2, 0.25) is 0 Å². The van der Waals surface area contributed by atoms with Gasteiger partial charge in [0.05, 0.1) is 6.54 Å². The maximum Gasteiger partial charge on any atom is 0.191 e. The molecule has 4 rings (SSSR count). The van der Waals surface area contributed by atoms with Gasteiger partial charge >= 0.3 is 0 Å². The topological polar surface area (TPSA) is 78.6 Å². The van der Waals surface area contributed by atoms with Crippen molar-refractivity contribution in [3.8, 4) is 11.3 Å². The summed E-state index contributed by atoms with van der Waals surface area (Å²) < 4.78 is 19.4. The minimum Gasteiger partial charge on any atom is -0.356 e. The van der Waals surface area contributed by atoms with Crippen LogP contribution in [0, 0.1) is 5.82 Å². The zero-order valence-electron chi connectivity index (χ0n) is 16.6. The first-order valence-electron chi connectivity index (χ1n) is 9.56. The first-order valence-corrected chi connectivity index (χ1v) is 9.56. The molecule has 1 aromatic carbocycles. The van der Waals surface area contributed by atoms with Gasteiger partial charge in [-0.25, -0.2) is 9.37 Å². The van der Waals surface area contributed by atoms with Gasteiger partial charge in [0.25, 0.3) is 0 Å². The summed E-state index contributed by atoms with van der Waals surface area (Å²) in [6, 6.07) is 14.9. The number of nitrogens with one attached hydrogen (secondary N) is 2. The number of aromatic nitrogens is 2. The van der Waals surface area contributed by atoms with E-state index in [0.717, 1.165) is 30.0 Å². The van der Waals surface area contributed by atoms with E-state index in [2.05, 4.69) is 25.8 Å². The molecule has 0 bridgehead atoms. The summed E-state index contributed by atoms with van der Waals surface area (Å²) >= 11 is 0. The van der Waals surface area contributed by atoms with Gasteiger partial charge in [0, 0.05) is 44.0 Å². The molecule has 9 heteroatoms. The van der Waals surface area contributed by atoms with Gasteiger partial charge in [0.15, 0.2) is 23.4 Å². The largest absolute Gasteiger partial charge is 0.356 e. The Morgan fingerprint density at radius 3 is 2.87 bits per heavy atom. The Balaban J connectivity index is 0.00000256. The maximum absolute atomic E-state index is 14.0. The lowest BCUT2D eigenvalue weighted by Crippen LogP contribution is -2.44. The molecule has 0 radical (unpaired) electrons. The quantitative estimate of drug-likeness (QED) is 0.304. The van der Waals surface area contributed by atoms with Crippen LogP contribution in [0.15, 0.2) is 64.2 Å². The van der Waals surface area contributed by atoms with E-state index in [1.807, 2.05) is 41.3 Å². The standard InChI is InChI=1S/C21H23FN6O.HI/c1-23-21(25-13-17-12-19(29-27-17)15-6-3-2-4-7-15)26-16-9-11-28(14-16)20-18(22)8-5-10-24-20;/h2-8,10,12,16H,9,11,13-14H2,1H3,(H2,23,25,26);1H. The van der Waals surface area contributed by atoms with Gasteiger partial charge in [-0.05, 0) is 18.6 Å². The van der Waals surface area contributed by atoms with Crippen molar-refractivity contribution in [1.29, 1.82) is 0 Å². The minimum atomic E-state index is -0.295. The van der Waals surface area contributed by atoms with Crippen LogP contribution < -0.4 is 15.5 Å². The second-order valence-electron chi connectivity index (χ2n) is 6.86. The van der Waals surface area contributed by atoms with Crippen LogP contribution in [0.1, 0.15) is 12.1 Å². The van der Waals surface area contributed by atoms with Crippen LogP contribution in [-0.4, -0.2) is 42.3 Å². The Hall–Kier alpha value is -2.69. The van der Waals surface area contributed by atoms with E-state index in [1.54, 1.807) is 19.3 Å². The molecule has 1 atom stereocenters. The molecule has 2 N–H and O–H groups in total. The Morgan fingerprint density at radius 2 is 2.10 bits per heavy atom. The lowest BCUT2D eigenvalue weighted by atomic mass is 10.2. The summed E-state index contributed by atoms with van der Waals surface area (Å²) in [6.45, 7) is 1.89. The number of nitrogens with zero attached hydrogens (tertiary/aromatic N) is 4. The first kappa shape index (κ1) is 22.0. The van der Waals surface area contributed by atoms with Crippen LogP contribution in [0.3, 0.4) is 0 Å². The Bertz CT molecular complexity index is 980. The van der Waals surface area contributed by atoms with Gasteiger partial charge in [-0.1, -0.05) is 35.5 Å². The molecule has 3 aromatic rings. The van der Waals surface area contributed by atoms with E-state index in [9.17, 15) is 4.39 Å². The second kappa shape index (κ2) is 10.4. The summed E-state index contributed by atoms with van der Waals surface area (Å²) in [5, 5.41) is 10.7. The highest BCUT2D eigenvalue weighted by Crippen LogP contribution is 2.21. The average molecular weight is 522 g/mol. The third kappa shape index (κ3) is 5.26. The monoisotopic (exact) mass is 522 g/mol. The SMILES string of the molecule is CN=C(NCc1cc(-c2ccccc2)on1)NC1CCN(c2ncccc2F)C1.I. The number of hydrogen-bond donors (Lipinski definition) is 2. The molecule has 1 unspecified atom stereocenters. The molecule has 2 aromatic heterocycles. The fraction of sp³-hybridized carbons (Fsp3) is 0.286. The van der Waals surface area contributed by atoms with Crippen molar-refractivity contribution in [3.05, 3.63) is 66.2 Å². The van der Waals surface area contributed by atoms with E-state index < -0.39 is 0 Å². The van der Waals surface area contributed by atoms with Crippen molar-refractivity contribution in [2.45, 2.75) is 19.0 Å². The van der Waals surface area contributed by atoms with Crippen LogP contribution in [0.4, 0.5) is 10.2 Å². The number of aliphatic imine (C=N–C) groups is 1. The number of benzene rings is 1. The molecule has 0 amide bonds. The highest BCUT2D eigenvalue weighted by molar-refractivity contribution is 14.0. The van der Waals surface area contributed by atoms with Crippen molar-refractivity contribution in [2.24, 2.45) is 4.99 Å². The van der Waals surface area contributed by atoms with Crippen molar-refractivity contribution in [2.75, 3.05) is 25.0 Å². The van der Waals surface area contributed by atoms with Gasteiger partial charge in [0.1, 0.15) is 5.69 Å². The van der Waals surface area contributed by atoms with Crippen molar-refractivity contribution < 1.29 is 8.91 Å². The van der Waals surface area contributed by atoms with E-state index in [-0.39, 0.29) is 35.8 Å². The average Bonchev–Trinajstić information content (AvgIpc) is 3.42. The number of anilines is 1. The fourth-order valence-electron chi connectivity index (χ4n) is 3.38. The fourth-order valence-corrected chi connectivity index (χ4v) is 3.38. The predicted octanol–water partition coefficient (Wildman–Crippen LogP) is 3.44. The molecule has 30 heavy (non-hydrogen) atoms. The molecule has 0 spiro atoms. The normalized spacial score (nSPS) is 16.3. The van der Waals surface area contributed by atoms with Gasteiger partial charge in [0.2, 0.25) is 0 Å². The van der Waals surface area contributed by atoms with Gasteiger partial charge in [-0.3, -0.25) is 4.99 Å². The lowest BCUT2D eigenvalue weighted by Gasteiger charge is -2.19. The molecule has 1 aliphatic heterocycles. The van der Waals surface area contributed by atoms with Gasteiger partial charge < -0.3 is 20.1 Å². The molecule has 0 aliphatic carbocycles. The second-order valence-corrected chi connectivity index (χ2v) is 6.86. The van der Waals surface area contributed by atoms with Crippen LogP contribution in [0.5, 0.6) is 0 Å². The number of guanidine groups is 1. The smallest absolute Gasteiger partial charge is 0.191 e. The van der Waals surface area contributed by atoms with Crippen molar-refractivity contribution in [3.63, 3.8) is 0 Å². The molecular formula is C21H24FIN6O. The van der Waals surface area contributed by atoms with Crippen molar-refractivity contribution >= 4 is 35.8 Å². The Labute approximate surface area is 191 Å². The summed E-state index contributed by atoms with van der Waals surface area (Å²) in [7, 11) is 1.72.